The van der Waals surface area contributed by atoms with Crippen LogP contribution in [0.4, 0.5) is 0 Å². The predicted molar refractivity (Wildman–Crippen MR) is 120 cm³/mol. The zero-order valence-electron chi connectivity index (χ0n) is 17.9. The van der Waals surface area contributed by atoms with E-state index in [9.17, 15) is 9.59 Å². The van der Waals surface area contributed by atoms with E-state index >= 15 is 0 Å². The lowest BCUT2D eigenvalue weighted by atomic mass is 10.1. The summed E-state index contributed by atoms with van der Waals surface area (Å²) < 4.78 is 1.79. The number of para-hydroxylation sites is 1. The smallest absolute Gasteiger partial charge is 0.274 e. The quantitative estimate of drug-likeness (QED) is 0.618. The maximum absolute atomic E-state index is 12.9. The van der Waals surface area contributed by atoms with Crippen LogP contribution in [0, 0.1) is 6.92 Å². The second-order valence-corrected chi connectivity index (χ2v) is 7.93. The van der Waals surface area contributed by atoms with Crippen LogP contribution in [0.5, 0.6) is 0 Å². The third kappa shape index (κ3) is 5.02. The monoisotopic (exact) mass is 416 g/mol. The van der Waals surface area contributed by atoms with Crippen LogP contribution < -0.4 is 0 Å². The van der Waals surface area contributed by atoms with Crippen molar-refractivity contribution in [1.82, 2.24) is 19.6 Å². The van der Waals surface area contributed by atoms with Crippen molar-refractivity contribution in [2.75, 3.05) is 26.2 Å². The summed E-state index contributed by atoms with van der Waals surface area (Å²) in [6.07, 6.45) is 2.30. The average Bonchev–Trinajstić information content (AvgIpc) is 3.21. The van der Waals surface area contributed by atoms with E-state index in [2.05, 4.69) is 17.2 Å². The maximum Gasteiger partial charge on any atom is 0.274 e. The van der Waals surface area contributed by atoms with E-state index in [0.29, 0.717) is 38.3 Å². The molecule has 0 saturated carbocycles. The van der Waals surface area contributed by atoms with Crippen LogP contribution in [0.1, 0.15) is 34.6 Å². The predicted octanol–water partition coefficient (Wildman–Crippen LogP) is 3.49. The molecular weight excluding hydrogens is 388 g/mol. The molecule has 1 saturated heterocycles. The molecule has 31 heavy (non-hydrogen) atoms. The summed E-state index contributed by atoms with van der Waals surface area (Å²) in [6, 6.07) is 21.9. The molecule has 1 aliphatic rings. The number of nitrogens with zero attached hydrogens (tertiary/aromatic N) is 4. The molecule has 2 amide bonds. The van der Waals surface area contributed by atoms with Gasteiger partial charge in [-0.1, -0.05) is 48.5 Å². The molecule has 3 aromatic rings. The highest BCUT2D eigenvalue weighted by atomic mass is 16.2. The second kappa shape index (κ2) is 9.60. The normalized spacial score (nSPS) is 14.0. The zero-order valence-corrected chi connectivity index (χ0v) is 17.9. The molecule has 1 aromatic heterocycles. The van der Waals surface area contributed by atoms with E-state index in [1.807, 2.05) is 66.4 Å². The lowest BCUT2D eigenvalue weighted by molar-refractivity contribution is -0.132. The van der Waals surface area contributed by atoms with Gasteiger partial charge in [-0.25, -0.2) is 4.68 Å². The minimum Gasteiger partial charge on any atom is -0.339 e. The number of aromatic nitrogens is 2. The number of piperazine rings is 1. The highest BCUT2D eigenvalue weighted by Crippen LogP contribution is 2.15. The molecule has 0 atom stereocenters. The fourth-order valence-electron chi connectivity index (χ4n) is 3.98. The number of benzene rings is 2. The molecule has 0 radical (unpaired) electrons. The average molecular weight is 417 g/mol. The summed E-state index contributed by atoms with van der Waals surface area (Å²) in [7, 11) is 0. The largest absolute Gasteiger partial charge is 0.339 e. The molecule has 0 bridgehead atoms. The summed E-state index contributed by atoms with van der Waals surface area (Å²) in [5.74, 6) is 0.0983. The molecule has 2 heterocycles. The third-order valence-electron chi connectivity index (χ3n) is 5.73. The number of rotatable bonds is 6. The summed E-state index contributed by atoms with van der Waals surface area (Å²) in [6.45, 7) is 4.19. The fourth-order valence-corrected chi connectivity index (χ4v) is 3.98. The Kier molecular flexibility index (Phi) is 6.46. The summed E-state index contributed by atoms with van der Waals surface area (Å²) >= 11 is 0. The first-order chi connectivity index (χ1) is 15.1. The minimum atomic E-state index is -0.0750. The highest BCUT2D eigenvalue weighted by Gasteiger charge is 2.26. The lowest BCUT2D eigenvalue weighted by Crippen LogP contribution is -2.50. The van der Waals surface area contributed by atoms with Crippen molar-refractivity contribution < 1.29 is 9.59 Å². The topological polar surface area (TPSA) is 58.4 Å². The standard InChI is InChI=1S/C25H28N4O2/c1-20-19-23(26-29(20)22-12-6-3-7-13-22)25(31)28-17-15-27(16-18-28)24(30)14-8-11-21-9-4-2-5-10-21/h2-7,9-10,12-13,19H,8,11,14-18H2,1H3. The molecular formula is C25H28N4O2. The highest BCUT2D eigenvalue weighted by molar-refractivity contribution is 5.92. The second-order valence-electron chi connectivity index (χ2n) is 7.93. The Bertz CT molecular complexity index is 1020. The van der Waals surface area contributed by atoms with Gasteiger partial charge in [-0.05, 0) is 43.5 Å². The van der Waals surface area contributed by atoms with Gasteiger partial charge in [0.25, 0.3) is 5.91 Å². The molecule has 4 rings (SSSR count). The van der Waals surface area contributed by atoms with Crippen LogP contribution in [0.15, 0.2) is 66.7 Å². The van der Waals surface area contributed by atoms with Gasteiger partial charge in [0.15, 0.2) is 5.69 Å². The van der Waals surface area contributed by atoms with E-state index in [1.54, 1.807) is 9.58 Å². The maximum atomic E-state index is 12.9. The van der Waals surface area contributed by atoms with E-state index in [4.69, 9.17) is 0 Å². The van der Waals surface area contributed by atoms with Gasteiger partial charge in [0.2, 0.25) is 5.91 Å². The Morgan fingerprint density at radius 1 is 0.871 bits per heavy atom. The number of carbonyl (C=O) groups excluding carboxylic acids is 2. The van der Waals surface area contributed by atoms with Crippen molar-refractivity contribution in [2.45, 2.75) is 26.2 Å². The number of aryl methyl sites for hydroxylation is 2. The van der Waals surface area contributed by atoms with Crippen LogP contribution >= 0.6 is 0 Å². The first kappa shape index (κ1) is 20.8. The van der Waals surface area contributed by atoms with Crippen molar-refractivity contribution in [3.63, 3.8) is 0 Å². The van der Waals surface area contributed by atoms with Crippen LogP contribution in [0.25, 0.3) is 5.69 Å². The molecule has 0 spiro atoms. The third-order valence-corrected chi connectivity index (χ3v) is 5.73. The molecule has 6 heteroatoms. The number of hydrogen-bond donors (Lipinski definition) is 0. The first-order valence-corrected chi connectivity index (χ1v) is 10.8. The van der Waals surface area contributed by atoms with Crippen LogP contribution in [-0.4, -0.2) is 57.6 Å². The number of amides is 2. The van der Waals surface area contributed by atoms with E-state index in [1.165, 1.54) is 5.56 Å². The Morgan fingerprint density at radius 3 is 2.16 bits per heavy atom. The van der Waals surface area contributed by atoms with Gasteiger partial charge >= 0.3 is 0 Å². The lowest BCUT2D eigenvalue weighted by Gasteiger charge is -2.34. The summed E-state index contributed by atoms with van der Waals surface area (Å²) in [4.78, 5) is 29.2. The number of carbonyl (C=O) groups is 2. The van der Waals surface area contributed by atoms with Gasteiger partial charge in [0, 0.05) is 38.3 Å². The van der Waals surface area contributed by atoms with Crippen LogP contribution in [0.3, 0.4) is 0 Å². The van der Waals surface area contributed by atoms with Crippen molar-refractivity contribution in [3.05, 3.63) is 83.7 Å². The first-order valence-electron chi connectivity index (χ1n) is 10.8. The molecule has 6 nitrogen and oxygen atoms in total. The van der Waals surface area contributed by atoms with Gasteiger partial charge in [0.1, 0.15) is 0 Å². The van der Waals surface area contributed by atoms with Gasteiger partial charge in [-0.2, -0.15) is 5.10 Å². The molecule has 0 N–H and O–H groups in total. The van der Waals surface area contributed by atoms with E-state index in [-0.39, 0.29) is 11.8 Å². The van der Waals surface area contributed by atoms with Crippen molar-refractivity contribution in [1.29, 1.82) is 0 Å². The van der Waals surface area contributed by atoms with Crippen LogP contribution in [0.2, 0.25) is 0 Å². The molecule has 1 aliphatic heterocycles. The summed E-state index contributed by atoms with van der Waals surface area (Å²) in [5, 5.41) is 4.52. The zero-order chi connectivity index (χ0) is 21.6. The molecule has 2 aromatic carbocycles. The van der Waals surface area contributed by atoms with Crippen molar-refractivity contribution in [2.24, 2.45) is 0 Å². The Hall–Kier alpha value is -3.41. The van der Waals surface area contributed by atoms with Gasteiger partial charge in [0.05, 0.1) is 5.69 Å². The van der Waals surface area contributed by atoms with E-state index < -0.39 is 0 Å². The molecule has 160 valence electrons. The summed E-state index contributed by atoms with van der Waals surface area (Å²) in [5.41, 5.74) is 3.56. The molecule has 0 aliphatic carbocycles. The SMILES string of the molecule is Cc1cc(C(=O)N2CCN(C(=O)CCCc3ccccc3)CC2)nn1-c1ccccc1. The van der Waals surface area contributed by atoms with Gasteiger partial charge in [-0.15, -0.1) is 0 Å². The van der Waals surface area contributed by atoms with Crippen molar-refractivity contribution in [3.8, 4) is 5.69 Å². The Balaban J connectivity index is 1.28. The van der Waals surface area contributed by atoms with Crippen molar-refractivity contribution >= 4 is 11.8 Å². The molecule has 1 fully saturated rings. The van der Waals surface area contributed by atoms with Gasteiger partial charge in [-0.3, -0.25) is 9.59 Å². The van der Waals surface area contributed by atoms with Crippen LogP contribution in [-0.2, 0) is 11.2 Å². The Morgan fingerprint density at radius 2 is 1.48 bits per heavy atom. The minimum absolute atomic E-state index is 0.0750. The fraction of sp³-hybridized carbons (Fsp3) is 0.320. The molecule has 0 unspecified atom stereocenters. The van der Waals surface area contributed by atoms with E-state index in [0.717, 1.165) is 24.2 Å². The Labute approximate surface area is 183 Å². The number of hydrogen-bond acceptors (Lipinski definition) is 3. The van der Waals surface area contributed by atoms with Gasteiger partial charge < -0.3 is 9.80 Å².